The van der Waals surface area contributed by atoms with E-state index in [-0.39, 0.29) is 16.8 Å². The van der Waals surface area contributed by atoms with Gasteiger partial charge < -0.3 is 15.2 Å². The van der Waals surface area contributed by atoms with E-state index in [4.69, 9.17) is 17.0 Å². The highest BCUT2D eigenvalue weighted by atomic mass is 32.1. The van der Waals surface area contributed by atoms with Crippen molar-refractivity contribution in [2.75, 3.05) is 5.32 Å². The lowest BCUT2D eigenvalue weighted by atomic mass is 10.1. The van der Waals surface area contributed by atoms with E-state index in [0.717, 1.165) is 15.8 Å². The molecule has 1 heterocycles. The fourth-order valence-corrected chi connectivity index (χ4v) is 4.98. The lowest BCUT2D eigenvalue weighted by molar-refractivity contribution is 0.0977. The first-order chi connectivity index (χ1) is 18.0. The van der Waals surface area contributed by atoms with E-state index in [1.165, 1.54) is 11.3 Å². The number of amides is 1. The Morgan fingerprint density at radius 1 is 1.00 bits per heavy atom. The summed E-state index contributed by atoms with van der Waals surface area (Å²) in [6.45, 7) is 2.26. The molecular weight excluding hydrogens is 502 g/mol. The number of aryl methyl sites for hydroxylation is 1. The molecule has 0 aliphatic carbocycles. The van der Waals surface area contributed by atoms with Crippen molar-refractivity contribution in [2.24, 2.45) is 0 Å². The fourth-order valence-electron chi connectivity index (χ4n) is 3.78. The summed E-state index contributed by atoms with van der Waals surface area (Å²) >= 11 is 6.88. The number of aromatic nitrogens is 1. The van der Waals surface area contributed by atoms with Crippen LogP contribution in [0.15, 0.2) is 91.0 Å². The van der Waals surface area contributed by atoms with E-state index < -0.39 is 0 Å². The average Bonchev–Trinajstić information content (AvgIpc) is 3.34. The van der Waals surface area contributed by atoms with Crippen LogP contribution in [0, 0.1) is 6.92 Å². The largest absolute Gasteiger partial charge is 0.507 e. The molecule has 0 radical (unpaired) electrons. The maximum atomic E-state index is 12.7. The van der Waals surface area contributed by atoms with Gasteiger partial charge in [-0.25, -0.2) is 4.98 Å². The van der Waals surface area contributed by atoms with Crippen molar-refractivity contribution in [1.82, 2.24) is 10.3 Å². The van der Waals surface area contributed by atoms with Crippen LogP contribution >= 0.6 is 23.6 Å². The minimum atomic E-state index is -0.339. The van der Waals surface area contributed by atoms with Crippen LogP contribution in [-0.4, -0.2) is 21.1 Å². The topological polar surface area (TPSA) is 83.5 Å². The van der Waals surface area contributed by atoms with Crippen LogP contribution in [0.3, 0.4) is 0 Å². The predicted molar refractivity (Wildman–Crippen MR) is 152 cm³/mol. The number of carbonyl (C=O) groups excluding carboxylic acids is 1. The Morgan fingerprint density at radius 3 is 2.49 bits per heavy atom. The van der Waals surface area contributed by atoms with E-state index >= 15 is 0 Å². The number of nitrogens with one attached hydrogen (secondary N) is 2. The molecule has 8 heteroatoms. The number of fused-ring (bicyclic) bond motifs is 1. The molecule has 0 atom stereocenters. The Hall–Kier alpha value is -4.27. The molecule has 5 rings (SSSR count). The van der Waals surface area contributed by atoms with Gasteiger partial charge in [-0.05, 0) is 78.8 Å². The molecule has 1 aromatic heterocycles. The molecule has 0 aliphatic rings. The summed E-state index contributed by atoms with van der Waals surface area (Å²) in [7, 11) is 0. The fraction of sp³-hybridized carbons (Fsp3) is 0.0690. The van der Waals surface area contributed by atoms with Crippen LogP contribution in [0.5, 0.6) is 11.5 Å². The molecule has 0 saturated heterocycles. The van der Waals surface area contributed by atoms with E-state index in [2.05, 4.69) is 15.6 Å². The van der Waals surface area contributed by atoms with E-state index in [1.807, 2.05) is 54.6 Å². The van der Waals surface area contributed by atoms with Crippen molar-refractivity contribution >= 4 is 50.5 Å². The molecule has 37 heavy (non-hydrogen) atoms. The molecule has 5 aromatic rings. The maximum absolute atomic E-state index is 12.7. The van der Waals surface area contributed by atoms with Crippen LogP contribution in [0.2, 0.25) is 0 Å². The number of hydrogen-bond donors (Lipinski definition) is 3. The minimum Gasteiger partial charge on any atom is -0.507 e. The summed E-state index contributed by atoms with van der Waals surface area (Å²) < 4.78 is 6.81. The zero-order chi connectivity index (χ0) is 25.8. The number of thiazole rings is 1. The summed E-state index contributed by atoms with van der Waals surface area (Å²) in [6.07, 6.45) is 0. The van der Waals surface area contributed by atoms with Crippen molar-refractivity contribution in [2.45, 2.75) is 13.5 Å². The highest BCUT2D eigenvalue weighted by Crippen LogP contribution is 2.38. The van der Waals surface area contributed by atoms with Gasteiger partial charge in [0.1, 0.15) is 23.1 Å². The molecule has 0 saturated carbocycles. The third kappa shape index (κ3) is 5.77. The second-order valence-corrected chi connectivity index (χ2v) is 9.82. The van der Waals surface area contributed by atoms with Crippen molar-refractivity contribution in [1.29, 1.82) is 0 Å². The van der Waals surface area contributed by atoms with Gasteiger partial charge in [0.25, 0.3) is 5.91 Å². The molecule has 0 aliphatic heterocycles. The number of phenols is 1. The van der Waals surface area contributed by atoms with Gasteiger partial charge in [0.15, 0.2) is 5.11 Å². The van der Waals surface area contributed by atoms with Crippen LogP contribution in [-0.2, 0) is 6.61 Å². The van der Waals surface area contributed by atoms with Gasteiger partial charge in [0.2, 0.25) is 0 Å². The van der Waals surface area contributed by atoms with E-state index in [0.29, 0.717) is 39.7 Å². The van der Waals surface area contributed by atoms with Gasteiger partial charge in [0, 0.05) is 11.3 Å². The number of benzene rings is 4. The van der Waals surface area contributed by atoms with Crippen molar-refractivity contribution in [3.8, 4) is 22.1 Å². The number of rotatable bonds is 6. The number of phenolic OH excluding ortho intramolecular Hbond substituents is 1. The van der Waals surface area contributed by atoms with Crippen LogP contribution in [0.25, 0.3) is 20.8 Å². The first kappa shape index (κ1) is 24.4. The molecule has 1 amide bonds. The second kappa shape index (κ2) is 10.8. The lowest BCUT2D eigenvalue weighted by Gasteiger charge is -2.13. The Balaban J connectivity index is 1.24. The number of aromatic hydroxyl groups is 1. The highest BCUT2D eigenvalue weighted by molar-refractivity contribution is 7.80. The van der Waals surface area contributed by atoms with Crippen molar-refractivity contribution in [3.63, 3.8) is 0 Å². The first-order valence-corrected chi connectivity index (χ1v) is 12.8. The van der Waals surface area contributed by atoms with Gasteiger partial charge in [-0.1, -0.05) is 42.5 Å². The Morgan fingerprint density at radius 2 is 1.73 bits per heavy atom. The quantitative estimate of drug-likeness (QED) is 0.169. The third-order valence-electron chi connectivity index (χ3n) is 5.67. The predicted octanol–water partition coefficient (Wildman–Crippen LogP) is 6.68. The number of anilines is 1. The standard InChI is InChI=1S/C29H23N3O3S2/c1-18-15-21(16-23(26(18)33)28-31-24-9-5-6-10-25(24)37-28)30-29(36)32-27(34)20-11-13-22(14-12-20)35-17-19-7-3-2-4-8-19/h2-16,33H,17H2,1H3,(H2,30,32,34,36). The molecule has 184 valence electrons. The zero-order valence-corrected chi connectivity index (χ0v) is 21.5. The van der Waals surface area contributed by atoms with Gasteiger partial charge in [0.05, 0.1) is 15.8 Å². The summed E-state index contributed by atoms with van der Waals surface area (Å²) in [6, 6.07) is 28.1. The summed E-state index contributed by atoms with van der Waals surface area (Å²) in [5, 5.41) is 17.3. The van der Waals surface area contributed by atoms with Crippen molar-refractivity contribution in [3.05, 3.63) is 108 Å². The van der Waals surface area contributed by atoms with Crippen LogP contribution < -0.4 is 15.4 Å². The first-order valence-electron chi connectivity index (χ1n) is 11.5. The smallest absolute Gasteiger partial charge is 0.257 e. The van der Waals surface area contributed by atoms with Gasteiger partial charge in [-0.2, -0.15) is 0 Å². The third-order valence-corrected chi connectivity index (χ3v) is 6.95. The molecule has 0 fully saturated rings. The zero-order valence-electron chi connectivity index (χ0n) is 19.9. The average molecular weight is 526 g/mol. The normalized spacial score (nSPS) is 10.7. The minimum absolute atomic E-state index is 0.148. The van der Waals surface area contributed by atoms with Gasteiger partial charge in [-0.15, -0.1) is 11.3 Å². The van der Waals surface area contributed by atoms with E-state index in [1.54, 1.807) is 43.3 Å². The van der Waals surface area contributed by atoms with Crippen LogP contribution in [0.1, 0.15) is 21.5 Å². The Labute approximate surface area is 223 Å². The SMILES string of the molecule is Cc1cc(NC(=S)NC(=O)c2ccc(OCc3ccccc3)cc2)cc(-c2nc3ccccc3s2)c1O. The molecule has 0 spiro atoms. The lowest BCUT2D eigenvalue weighted by Crippen LogP contribution is -2.34. The van der Waals surface area contributed by atoms with Crippen molar-refractivity contribution < 1.29 is 14.6 Å². The number of thiocarbonyl (C=S) groups is 1. The number of ether oxygens (including phenoxy) is 1. The number of para-hydroxylation sites is 1. The molecule has 0 unspecified atom stereocenters. The van der Waals surface area contributed by atoms with Gasteiger partial charge in [-0.3, -0.25) is 10.1 Å². The Kier molecular flexibility index (Phi) is 7.11. The summed E-state index contributed by atoms with van der Waals surface area (Å²) in [5.74, 6) is 0.492. The van der Waals surface area contributed by atoms with E-state index in [9.17, 15) is 9.90 Å². The monoisotopic (exact) mass is 525 g/mol. The summed E-state index contributed by atoms with van der Waals surface area (Å²) in [4.78, 5) is 17.4. The van der Waals surface area contributed by atoms with Gasteiger partial charge >= 0.3 is 0 Å². The second-order valence-electron chi connectivity index (χ2n) is 8.38. The summed E-state index contributed by atoms with van der Waals surface area (Å²) in [5.41, 5.74) is 4.30. The molecule has 6 nitrogen and oxygen atoms in total. The Bertz CT molecular complexity index is 1550. The highest BCUT2D eigenvalue weighted by Gasteiger charge is 2.15. The number of carbonyl (C=O) groups is 1. The molecule has 4 aromatic carbocycles. The molecular formula is C29H23N3O3S2. The number of nitrogens with zero attached hydrogens (tertiary/aromatic N) is 1. The maximum Gasteiger partial charge on any atom is 0.257 e. The molecule has 0 bridgehead atoms. The van der Waals surface area contributed by atoms with Crippen LogP contribution in [0.4, 0.5) is 5.69 Å². The number of hydrogen-bond acceptors (Lipinski definition) is 6. The molecule has 3 N–H and O–H groups in total.